The lowest BCUT2D eigenvalue weighted by molar-refractivity contribution is 0.315. The zero-order valence-corrected chi connectivity index (χ0v) is 12.2. The van der Waals surface area contributed by atoms with Crippen LogP contribution < -0.4 is 5.73 Å². The number of hydrogen-bond acceptors (Lipinski definition) is 2. The standard InChI is InChI=1S/C15H34N2/c1-3-4-5-6-7-8-11-14-17(2)15-12-9-10-13-16/h3-16H2,1-2H3. The Bertz CT molecular complexity index is 137. The Morgan fingerprint density at radius 2 is 1.18 bits per heavy atom. The molecule has 0 rings (SSSR count). The summed E-state index contributed by atoms with van der Waals surface area (Å²) in [6.07, 6.45) is 13.6. The molecule has 0 aliphatic heterocycles. The van der Waals surface area contributed by atoms with Gasteiger partial charge in [-0.1, -0.05) is 51.9 Å². The van der Waals surface area contributed by atoms with Gasteiger partial charge in [0, 0.05) is 0 Å². The van der Waals surface area contributed by atoms with Gasteiger partial charge < -0.3 is 10.6 Å². The summed E-state index contributed by atoms with van der Waals surface area (Å²) in [7, 11) is 2.25. The highest BCUT2D eigenvalue weighted by Gasteiger charge is 1.98. The Kier molecular flexibility index (Phi) is 13.9. The van der Waals surface area contributed by atoms with Crippen molar-refractivity contribution in [3.63, 3.8) is 0 Å². The quantitative estimate of drug-likeness (QED) is 0.498. The van der Waals surface area contributed by atoms with E-state index in [0.717, 1.165) is 6.54 Å². The average Bonchev–Trinajstić information content (AvgIpc) is 2.33. The van der Waals surface area contributed by atoms with E-state index >= 15 is 0 Å². The third kappa shape index (κ3) is 13.9. The lowest BCUT2D eigenvalue weighted by Crippen LogP contribution is -2.21. The van der Waals surface area contributed by atoms with Crippen LogP contribution in [0.25, 0.3) is 0 Å². The lowest BCUT2D eigenvalue weighted by Gasteiger charge is -2.16. The van der Waals surface area contributed by atoms with Crippen LogP contribution in [0.5, 0.6) is 0 Å². The second-order valence-corrected chi connectivity index (χ2v) is 5.27. The highest BCUT2D eigenvalue weighted by atomic mass is 15.1. The molecule has 0 heterocycles. The van der Waals surface area contributed by atoms with Crippen molar-refractivity contribution in [2.75, 3.05) is 26.7 Å². The van der Waals surface area contributed by atoms with Crippen LogP contribution in [0.1, 0.15) is 71.1 Å². The number of rotatable bonds is 13. The van der Waals surface area contributed by atoms with Crippen molar-refractivity contribution < 1.29 is 0 Å². The summed E-state index contributed by atoms with van der Waals surface area (Å²) >= 11 is 0. The van der Waals surface area contributed by atoms with Crippen molar-refractivity contribution in [1.29, 1.82) is 0 Å². The minimum Gasteiger partial charge on any atom is -0.330 e. The third-order valence-electron chi connectivity index (χ3n) is 3.39. The zero-order chi connectivity index (χ0) is 12.8. The topological polar surface area (TPSA) is 29.3 Å². The molecule has 104 valence electrons. The van der Waals surface area contributed by atoms with E-state index in [0.29, 0.717) is 0 Å². The maximum Gasteiger partial charge on any atom is -0.00218 e. The van der Waals surface area contributed by atoms with Crippen LogP contribution in [-0.4, -0.2) is 31.6 Å². The van der Waals surface area contributed by atoms with E-state index in [4.69, 9.17) is 5.73 Å². The molecule has 2 nitrogen and oxygen atoms in total. The van der Waals surface area contributed by atoms with E-state index in [1.165, 1.54) is 77.3 Å². The summed E-state index contributed by atoms with van der Waals surface area (Å²) in [4.78, 5) is 2.47. The van der Waals surface area contributed by atoms with Gasteiger partial charge in [0.25, 0.3) is 0 Å². The summed E-state index contributed by atoms with van der Waals surface area (Å²) in [6, 6.07) is 0. The van der Waals surface area contributed by atoms with Gasteiger partial charge in [0.15, 0.2) is 0 Å². The predicted octanol–water partition coefficient (Wildman–Crippen LogP) is 3.80. The van der Waals surface area contributed by atoms with Crippen molar-refractivity contribution in [3.8, 4) is 0 Å². The molecule has 17 heavy (non-hydrogen) atoms. The smallest absolute Gasteiger partial charge is 0.00218 e. The minimum atomic E-state index is 0.849. The molecule has 0 aromatic carbocycles. The maximum atomic E-state index is 5.48. The summed E-state index contributed by atoms with van der Waals surface area (Å²) in [5, 5.41) is 0. The van der Waals surface area contributed by atoms with Gasteiger partial charge in [0.05, 0.1) is 0 Å². The predicted molar refractivity (Wildman–Crippen MR) is 78.4 cm³/mol. The summed E-state index contributed by atoms with van der Waals surface area (Å²) in [5.41, 5.74) is 5.48. The summed E-state index contributed by atoms with van der Waals surface area (Å²) in [6.45, 7) is 5.65. The SMILES string of the molecule is CCCCCCCCCN(C)CCCCCN. The molecule has 0 saturated carbocycles. The molecular weight excluding hydrogens is 208 g/mol. The number of unbranched alkanes of at least 4 members (excludes halogenated alkanes) is 8. The first-order chi connectivity index (χ1) is 8.31. The van der Waals surface area contributed by atoms with Crippen LogP contribution in [0.3, 0.4) is 0 Å². The Morgan fingerprint density at radius 3 is 1.71 bits per heavy atom. The first-order valence-electron chi connectivity index (χ1n) is 7.70. The number of nitrogens with zero attached hydrogens (tertiary/aromatic N) is 1. The average molecular weight is 242 g/mol. The third-order valence-corrected chi connectivity index (χ3v) is 3.39. The van der Waals surface area contributed by atoms with Gasteiger partial charge in [-0.2, -0.15) is 0 Å². The van der Waals surface area contributed by atoms with Gasteiger partial charge >= 0.3 is 0 Å². The Hall–Kier alpha value is -0.0800. The molecule has 0 aromatic heterocycles. The monoisotopic (exact) mass is 242 g/mol. The van der Waals surface area contributed by atoms with Crippen molar-refractivity contribution in [2.45, 2.75) is 71.1 Å². The van der Waals surface area contributed by atoms with Crippen LogP contribution in [0.4, 0.5) is 0 Å². The van der Waals surface area contributed by atoms with Crippen molar-refractivity contribution in [2.24, 2.45) is 5.73 Å². The minimum absolute atomic E-state index is 0.849. The molecular formula is C15H34N2. The van der Waals surface area contributed by atoms with Crippen molar-refractivity contribution in [3.05, 3.63) is 0 Å². The van der Waals surface area contributed by atoms with Crippen molar-refractivity contribution >= 4 is 0 Å². The van der Waals surface area contributed by atoms with E-state index in [-0.39, 0.29) is 0 Å². The molecule has 0 aromatic rings. The van der Waals surface area contributed by atoms with Gasteiger partial charge in [-0.25, -0.2) is 0 Å². The van der Waals surface area contributed by atoms with Crippen molar-refractivity contribution in [1.82, 2.24) is 4.90 Å². The van der Waals surface area contributed by atoms with E-state index in [2.05, 4.69) is 18.9 Å². The normalized spacial score (nSPS) is 11.3. The van der Waals surface area contributed by atoms with Crippen LogP contribution in [0, 0.1) is 0 Å². The molecule has 0 spiro atoms. The second-order valence-electron chi connectivity index (χ2n) is 5.27. The Balaban J connectivity index is 3.08. The molecule has 2 N–H and O–H groups in total. The molecule has 0 unspecified atom stereocenters. The summed E-state index contributed by atoms with van der Waals surface area (Å²) < 4.78 is 0. The fourth-order valence-electron chi connectivity index (χ4n) is 2.15. The largest absolute Gasteiger partial charge is 0.330 e. The van der Waals surface area contributed by atoms with Crippen LogP contribution >= 0.6 is 0 Å². The molecule has 0 amide bonds. The lowest BCUT2D eigenvalue weighted by atomic mass is 10.1. The summed E-state index contributed by atoms with van der Waals surface area (Å²) in [5.74, 6) is 0. The van der Waals surface area contributed by atoms with Gasteiger partial charge in [-0.3, -0.25) is 0 Å². The fraction of sp³-hybridized carbons (Fsp3) is 1.00. The highest BCUT2D eigenvalue weighted by Crippen LogP contribution is 2.07. The maximum absolute atomic E-state index is 5.48. The number of nitrogens with two attached hydrogens (primary N) is 1. The molecule has 0 aliphatic carbocycles. The van der Waals surface area contributed by atoms with Gasteiger partial charge in [-0.05, 0) is 45.9 Å². The first kappa shape index (κ1) is 16.9. The van der Waals surface area contributed by atoms with Gasteiger partial charge in [-0.15, -0.1) is 0 Å². The molecule has 0 bridgehead atoms. The van der Waals surface area contributed by atoms with Crippen LogP contribution in [0.2, 0.25) is 0 Å². The molecule has 0 aliphatic rings. The van der Waals surface area contributed by atoms with Gasteiger partial charge in [0.2, 0.25) is 0 Å². The Morgan fingerprint density at radius 1 is 0.706 bits per heavy atom. The molecule has 0 atom stereocenters. The zero-order valence-electron chi connectivity index (χ0n) is 12.2. The van der Waals surface area contributed by atoms with E-state index in [1.54, 1.807) is 0 Å². The number of hydrogen-bond donors (Lipinski definition) is 1. The Labute approximate surface area is 109 Å². The van der Waals surface area contributed by atoms with Crippen LogP contribution in [-0.2, 0) is 0 Å². The fourth-order valence-corrected chi connectivity index (χ4v) is 2.15. The van der Waals surface area contributed by atoms with E-state index in [1.807, 2.05) is 0 Å². The van der Waals surface area contributed by atoms with Crippen LogP contribution in [0.15, 0.2) is 0 Å². The first-order valence-corrected chi connectivity index (χ1v) is 7.70. The van der Waals surface area contributed by atoms with Gasteiger partial charge in [0.1, 0.15) is 0 Å². The molecule has 0 saturated heterocycles. The van der Waals surface area contributed by atoms with E-state index in [9.17, 15) is 0 Å². The highest BCUT2D eigenvalue weighted by molar-refractivity contribution is 4.54. The van der Waals surface area contributed by atoms with E-state index < -0.39 is 0 Å². The second kappa shape index (κ2) is 14.0. The molecule has 0 fully saturated rings. The molecule has 0 radical (unpaired) electrons. The molecule has 2 heteroatoms.